The van der Waals surface area contributed by atoms with E-state index in [1.54, 1.807) is 0 Å². The fraction of sp³-hybridized carbons (Fsp3) is 0.647. The first-order valence-corrected chi connectivity index (χ1v) is 8.03. The lowest BCUT2D eigenvalue weighted by molar-refractivity contribution is 0.222. The monoisotopic (exact) mass is 279 g/mol. The molecule has 1 saturated carbocycles. The number of hydrogen-bond donors (Lipinski definition) is 1. The van der Waals surface area contributed by atoms with Crippen LogP contribution in [-0.2, 0) is 6.42 Å². The van der Waals surface area contributed by atoms with Crippen molar-refractivity contribution in [2.75, 3.05) is 7.05 Å². The van der Waals surface area contributed by atoms with Gasteiger partial charge in [-0.2, -0.15) is 0 Å². The van der Waals surface area contributed by atoms with Crippen molar-refractivity contribution in [1.82, 2.24) is 5.32 Å². The van der Waals surface area contributed by atoms with E-state index < -0.39 is 0 Å². The summed E-state index contributed by atoms with van der Waals surface area (Å²) in [6.07, 6.45) is 7.95. The third-order valence-electron chi connectivity index (χ3n) is 4.81. The van der Waals surface area contributed by atoms with Crippen molar-refractivity contribution in [2.24, 2.45) is 11.8 Å². The standard InChI is InChI=1S/C17H26ClN/c1-3-13-8-10-14(11-9-13)17(19-2)12-15-6-4-5-7-16(15)18/h4-7,13-14,17,19H,3,8-12H2,1-2H3. The first kappa shape index (κ1) is 14.9. The Kier molecular flexibility index (Phi) is 5.72. The van der Waals surface area contributed by atoms with Crippen LogP contribution < -0.4 is 5.32 Å². The van der Waals surface area contributed by atoms with E-state index in [-0.39, 0.29) is 0 Å². The molecule has 0 saturated heterocycles. The molecule has 1 fully saturated rings. The lowest BCUT2D eigenvalue weighted by Crippen LogP contribution is -2.37. The number of hydrogen-bond acceptors (Lipinski definition) is 1. The molecule has 2 rings (SSSR count). The van der Waals surface area contributed by atoms with Gasteiger partial charge in [-0.15, -0.1) is 0 Å². The second-order valence-corrected chi connectivity index (χ2v) is 6.29. The molecule has 0 amide bonds. The van der Waals surface area contributed by atoms with Gasteiger partial charge >= 0.3 is 0 Å². The van der Waals surface area contributed by atoms with E-state index in [1.807, 2.05) is 12.1 Å². The van der Waals surface area contributed by atoms with Crippen molar-refractivity contribution < 1.29 is 0 Å². The molecule has 0 radical (unpaired) electrons. The predicted molar refractivity (Wildman–Crippen MR) is 83.7 cm³/mol. The van der Waals surface area contributed by atoms with Gasteiger partial charge in [0.1, 0.15) is 0 Å². The van der Waals surface area contributed by atoms with Crippen molar-refractivity contribution in [3.8, 4) is 0 Å². The number of benzene rings is 1. The molecule has 0 bridgehead atoms. The minimum Gasteiger partial charge on any atom is -0.316 e. The zero-order valence-corrected chi connectivity index (χ0v) is 12.9. The topological polar surface area (TPSA) is 12.0 Å². The minimum atomic E-state index is 0.567. The maximum absolute atomic E-state index is 6.28. The molecule has 1 aromatic carbocycles. The van der Waals surface area contributed by atoms with Crippen LogP contribution in [0.25, 0.3) is 0 Å². The molecule has 1 atom stereocenters. The maximum atomic E-state index is 6.28. The third-order valence-corrected chi connectivity index (χ3v) is 5.17. The van der Waals surface area contributed by atoms with Crippen LogP contribution in [0.1, 0.15) is 44.6 Å². The van der Waals surface area contributed by atoms with Gasteiger partial charge in [0, 0.05) is 11.1 Å². The summed E-state index contributed by atoms with van der Waals surface area (Å²) in [4.78, 5) is 0. The summed E-state index contributed by atoms with van der Waals surface area (Å²) in [7, 11) is 2.09. The van der Waals surface area contributed by atoms with E-state index in [2.05, 4.69) is 31.4 Å². The van der Waals surface area contributed by atoms with Gasteiger partial charge < -0.3 is 5.32 Å². The second-order valence-electron chi connectivity index (χ2n) is 5.88. The van der Waals surface area contributed by atoms with Crippen molar-refractivity contribution in [3.05, 3.63) is 34.9 Å². The molecule has 19 heavy (non-hydrogen) atoms. The van der Waals surface area contributed by atoms with Crippen molar-refractivity contribution >= 4 is 11.6 Å². The molecule has 106 valence electrons. The summed E-state index contributed by atoms with van der Waals surface area (Å²) in [5.41, 5.74) is 1.28. The summed E-state index contributed by atoms with van der Waals surface area (Å²) in [6.45, 7) is 2.32. The Balaban J connectivity index is 1.95. The quantitative estimate of drug-likeness (QED) is 0.825. The summed E-state index contributed by atoms with van der Waals surface area (Å²) in [6, 6.07) is 8.81. The fourth-order valence-corrected chi connectivity index (χ4v) is 3.62. The molecule has 1 N–H and O–H groups in total. The Morgan fingerprint density at radius 1 is 1.21 bits per heavy atom. The van der Waals surface area contributed by atoms with E-state index >= 15 is 0 Å². The number of likely N-dealkylation sites (N-methyl/N-ethyl adjacent to an activating group) is 1. The van der Waals surface area contributed by atoms with Crippen LogP contribution in [0.15, 0.2) is 24.3 Å². The highest BCUT2D eigenvalue weighted by Gasteiger charge is 2.26. The van der Waals surface area contributed by atoms with Gasteiger partial charge in [0.15, 0.2) is 0 Å². The molecule has 1 aromatic rings. The van der Waals surface area contributed by atoms with Gasteiger partial charge in [-0.25, -0.2) is 0 Å². The van der Waals surface area contributed by atoms with Crippen molar-refractivity contribution in [3.63, 3.8) is 0 Å². The average Bonchev–Trinajstić information content (AvgIpc) is 2.47. The average molecular weight is 280 g/mol. The molecule has 0 heterocycles. The maximum Gasteiger partial charge on any atom is 0.0438 e. The van der Waals surface area contributed by atoms with Gasteiger partial charge in [-0.1, -0.05) is 56.0 Å². The van der Waals surface area contributed by atoms with E-state index in [4.69, 9.17) is 11.6 Å². The Labute approximate surface area is 122 Å². The molecule has 1 aliphatic rings. The van der Waals surface area contributed by atoms with E-state index in [0.717, 1.165) is 23.3 Å². The minimum absolute atomic E-state index is 0.567. The normalized spacial score (nSPS) is 25.2. The van der Waals surface area contributed by atoms with Gasteiger partial charge in [0.2, 0.25) is 0 Å². The zero-order valence-electron chi connectivity index (χ0n) is 12.2. The highest BCUT2D eigenvalue weighted by molar-refractivity contribution is 6.31. The Morgan fingerprint density at radius 2 is 1.89 bits per heavy atom. The van der Waals surface area contributed by atoms with Crippen LogP contribution in [0.5, 0.6) is 0 Å². The highest BCUT2D eigenvalue weighted by Crippen LogP contribution is 2.33. The molecule has 0 spiro atoms. The van der Waals surface area contributed by atoms with Crippen LogP contribution in [0.4, 0.5) is 0 Å². The molecule has 0 aliphatic heterocycles. The molecule has 1 nitrogen and oxygen atoms in total. The van der Waals surface area contributed by atoms with Crippen molar-refractivity contribution in [1.29, 1.82) is 0 Å². The summed E-state index contributed by atoms with van der Waals surface area (Å²) in [5.74, 6) is 1.78. The van der Waals surface area contributed by atoms with Crippen LogP contribution in [-0.4, -0.2) is 13.1 Å². The van der Waals surface area contributed by atoms with Crippen LogP contribution in [0.2, 0.25) is 5.02 Å². The molecule has 2 heteroatoms. The third kappa shape index (κ3) is 3.97. The van der Waals surface area contributed by atoms with E-state index in [9.17, 15) is 0 Å². The largest absolute Gasteiger partial charge is 0.316 e. The smallest absolute Gasteiger partial charge is 0.0438 e. The number of halogens is 1. The molecular formula is C17H26ClN. The van der Waals surface area contributed by atoms with Gasteiger partial charge in [0.05, 0.1) is 0 Å². The first-order valence-electron chi connectivity index (χ1n) is 7.65. The van der Waals surface area contributed by atoms with Gasteiger partial charge in [-0.05, 0) is 49.8 Å². The molecule has 0 aromatic heterocycles. The predicted octanol–water partition coefficient (Wildman–Crippen LogP) is 4.69. The number of rotatable bonds is 5. The summed E-state index contributed by atoms with van der Waals surface area (Å²) >= 11 is 6.28. The van der Waals surface area contributed by atoms with Gasteiger partial charge in [-0.3, -0.25) is 0 Å². The van der Waals surface area contributed by atoms with Crippen LogP contribution >= 0.6 is 11.6 Å². The van der Waals surface area contributed by atoms with E-state index in [1.165, 1.54) is 37.7 Å². The molecular weight excluding hydrogens is 254 g/mol. The zero-order chi connectivity index (χ0) is 13.7. The Morgan fingerprint density at radius 3 is 2.47 bits per heavy atom. The summed E-state index contributed by atoms with van der Waals surface area (Å²) in [5, 5.41) is 4.43. The van der Waals surface area contributed by atoms with Gasteiger partial charge in [0.25, 0.3) is 0 Å². The SMILES string of the molecule is CCC1CCC(C(Cc2ccccc2Cl)NC)CC1. The molecule has 1 unspecified atom stereocenters. The lowest BCUT2D eigenvalue weighted by atomic mass is 9.76. The first-order chi connectivity index (χ1) is 9.24. The van der Waals surface area contributed by atoms with E-state index in [0.29, 0.717) is 6.04 Å². The fourth-order valence-electron chi connectivity index (χ4n) is 3.40. The Hall–Kier alpha value is -0.530. The number of nitrogens with one attached hydrogen (secondary N) is 1. The lowest BCUT2D eigenvalue weighted by Gasteiger charge is -2.33. The summed E-state index contributed by atoms with van der Waals surface area (Å²) < 4.78 is 0. The molecule has 1 aliphatic carbocycles. The highest BCUT2D eigenvalue weighted by atomic mass is 35.5. The van der Waals surface area contributed by atoms with Crippen LogP contribution in [0.3, 0.4) is 0 Å². The van der Waals surface area contributed by atoms with Crippen LogP contribution in [0, 0.1) is 11.8 Å². The van der Waals surface area contributed by atoms with Crippen molar-refractivity contribution in [2.45, 2.75) is 51.5 Å². The Bertz CT molecular complexity index is 383. The second kappa shape index (κ2) is 7.31.